The standard InChI is InChI=1S/C32H36F3N3O2/c1-6-9-28(26(7-2)15-12-24(5)39)18-23(4)36-20-22(3)27-16-13-25(14-17-27)21-37-31(40)38-30-11-8-10-29(19-30)32(33,34)35/h6-19,22H,20-21H2,1-5H3,(H2,37,38,40)/b9-6-,15-12-,26-7-,28-18+,36-23+. The number of rotatable bonds is 11. The number of allylic oxidation sites excluding steroid dienone is 8. The van der Waals surface area contributed by atoms with E-state index in [1.807, 2.05) is 69.3 Å². The van der Waals surface area contributed by atoms with Crippen LogP contribution in [-0.4, -0.2) is 24.1 Å². The molecule has 0 saturated carbocycles. The lowest BCUT2D eigenvalue weighted by Crippen LogP contribution is -2.28. The predicted octanol–water partition coefficient (Wildman–Crippen LogP) is 8.19. The SMILES string of the molecule is C\C=C/C(=C\C(C)=N\CC(C)c1ccc(CNC(=O)Nc2cccc(C(F)(F)F)c2)cc1)C(/C=C\C(C)=O)=C\C. The van der Waals surface area contributed by atoms with E-state index in [1.165, 1.54) is 19.1 Å². The monoisotopic (exact) mass is 551 g/mol. The predicted molar refractivity (Wildman–Crippen MR) is 157 cm³/mol. The second-order valence-electron chi connectivity index (χ2n) is 9.30. The molecule has 8 heteroatoms. The first-order valence-electron chi connectivity index (χ1n) is 12.9. The van der Waals surface area contributed by atoms with Crippen molar-refractivity contribution in [1.82, 2.24) is 5.32 Å². The van der Waals surface area contributed by atoms with Crippen LogP contribution >= 0.6 is 0 Å². The molecular weight excluding hydrogens is 515 g/mol. The molecule has 2 amide bonds. The van der Waals surface area contributed by atoms with Crippen LogP contribution in [0.3, 0.4) is 0 Å². The van der Waals surface area contributed by atoms with Gasteiger partial charge in [0.1, 0.15) is 0 Å². The van der Waals surface area contributed by atoms with Crippen molar-refractivity contribution in [3.8, 4) is 0 Å². The van der Waals surface area contributed by atoms with Crippen LogP contribution in [0.1, 0.15) is 57.2 Å². The summed E-state index contributed by atoms with van der Waals surface area (Å²) in [5.74, 6) is 0.136. The van der Waals surface area contributed by atoms with Crippen molar-refractivity contribution >= 4 is 23.2 Å². The van der Waals surface area contributed by atoms with Crippen molar-refractivity contribution in [1.29, 1.82) is 0 Å². The molecule has 212 valence electrons. The summed E-state index contributed by atoms with van der Waals surface area (Å²) in [4.78, 5) is 28.2. The van der Waals surface area contributed by atoms with Gasteiger partial charge in [-0.05, 0) is 80.3 Å². The lowest BCUT2D eigenvalue weighted by atomic mass is 9.99. The van der Waals surface area contributed by atoms with E-state index >= 15 is 0 Å². The first kappa shape index (κ1) is 32.0. The molecule has 0 saturated heterocycles. The summed E-state index contributed by atoms with van der Waals surface area (Å²) in [6.07, 6.45) is 6.73. The van der Waals surface area contributed by atoms with Gasteiger partial charge in [0.25, 0.3) is 0 Å². The van der Waals surface area contributed by atoms with E-state index in [-0.39, 0.29) is 23.9 Å². The third-order valence-corrected chi connectivity index (χ3v) is 5.92. The van der Waals surface area contributed by atoms with E-state index in [1.54, 1.807) is 12.2 Å². The normalized spacial score (nSPS) is 14.1. The molecule has 0 spiro atoms. The van der Waals surface area contributed by atoms with Crippen molar-refractivity contribution in [2.45, 2.75) is 53.3 Å². The van der Waals surface area contributed by atoms with Crippen molar-refractivity contribution in [3.05, 3.63) is 113 Å². The molecular formula is C32H36F3N3O2. The topological polar surface area (TPSA) is 70.6 Å². The Morgan fingerprint density at radius 3 is 2.27 bits per heavy atom. The molecule has 0 aliphatic rings. The maximum atomic E-state index is 12.9. The lowest BCUT2D eigenvalue weighted by molar-refractivity contribution is -0.137. The number of nitrogens with zero attached hydrogens (tertiary/aromatic N) is 1. The molecule has 0 aliphatic carbocycles. The molecule has 1 atom stereocenters. The molecule has 0 fully saturated rings. The number of urea groups is 1. The fraction of sp³-hybridized carbons (Fsp3) is 0.281. The van der Waals surface area contributed by atoms with Crippen molar-refractivity contribution in [2.75, 3.05) is 11.9 Å². The highest BCUT2D eigenvalue weighted by Crippen LogP contribution is 2.30. The van der Waals surface area contributed by atoms with E-state index in [0.717, 1.165) is 40.1 Å². The summed E-state index contributed by atoms with van der Waals surface area (Å²) in [6, 6.07) is 11.6. The largest absolute Gasteiger partial charge is 0.416 e. The van der Waals surface area contributed by atoms with Crippen LogP contribution in [-0.2, 0) is 17.5 Å². The second kappa shape index (κ2) is 15.4. The molecule has 40 heavy (non-hydrogen) atoms. The molecule has 2 aromatic carbocycles. The number of alkyl halides is 3. The van der Waals surface area contributed by atoms with E-state index < -0.39 is 17.8 Å². The number of amides is 2. The zero-order valence-electron chi connectivity index (χ0n) is 23.5. The number of anilines is 1. The van der Waals surface area contributed by atoms with Gasteiger partial charge in [-0.15, -0.1) is 0 Å². The number of hydrogen-bond donors (Lipinski definition) is 2. The highest BCUT2D eigenvalue weighted by atomic mass is 19.4. The average molecular weight is 552 g/mol. The molecule has 1 unspecified atom stereocenters. The Bertz CT molecular complexity index is 1320. The highest BCUT2D eigenvalue weighted by molar-refractivity contribution is 5.95. The number of nitrogens with one attached hydrogen (secondary N) is 2. The van der Waals surface area contributed by atoms with Crippen LogP contribution in [0.2, 0.25) is 0 Å². The Morgan fingerprint density at radius 1 is 0.975 bits per heavy atom. The van der Waals surface area contributed by atoms with Gasteiger partial charge in [0, 0.05) is 30.4 Å². The maximum absolute atomic E-state index is 12.9. The minimum atomic E-state index is -4.48. The van der Waals surface area contributed by atoms with Gasteiger partial charge in [-0.2, -0.15) is 13.2 Å². The highest BCUT2D eigenvalue weighted by Gasteiger charge is 2.30. The zero-order valence-corrected chi connectivity index (χ0v) is 23.5. The van der Waals surface area contributed by atoms with Gasteiger partial charge in [-0.25, -0.2) is 4.79 Å². The first-order chi connectivity index (χ1) is 18.9. The number of ketones is 1. The van der Waals surface area contributed by atoms with Crippen LogP contribution in [0.15, 0.2) is 101 Å². The summed E-state index contributed by atoms with van der Waals surface area (Å²) in [5, 5.41) is 5.09. The summed E-state index contributed by atoms with van der Waals surface area (Å²) in [6.45, 7) is 10.2. The van der Waals surface area contributed by atoms with E-state index in [4.69, 9.17) is 4.99 Å². The van der Waals surface area contributed by atoms with Crippen LogP contribution in [0, 0.1) is 0 Å². The Hall–Kier alpha value is -4.20. The summed E-state index contributed by atoms with van der Waals surface area (Å²) in [7, 11) is 0. The Labute approximate surface area is 234 Å². The number of halogens is 3. The summed E-state index contributed by atoms with van der Waals surface area (Å²) >= 11 is 0. The number of hydrogen-bond acceptors (Lipinski definition) is 3. The van der Waals surface area contributed by atoms with Crippen LogP contribution in [0.4, 0.5) is 23.7 Å². The molecule has 2 N–H and O–H groups in total. The van der Waals surface area contributed by atoms with E-state index in [9.17, 15) is 22.8 Å². The van der Waals surface area contributed by atoms with Gasteiger partial charge in [-0.3, -0.25) is 9.79 Å². The summed E-state index contributed by atoms with van der Waals surface area (Å²) < 4.78 is 38.6. The Balaban J connectivity index is 1.97. The third-order valence-electron chi connectivity index (χ3n) is 5.92. The fourth-order valence-electron chi connectivity index (χ4n) is 3.73. The fourth-order valence-corrected chi connectivity index (χ4v) is 3.73. The minimum absolute atomic E-state index is 0.0152. The van der Waals surface area contributed by atoms with Crippen LogP contribution in [0.5, 0.6) is 0 Å². The average Bonchev–Trinajstić information content (AvgIpc) is 2.90. The number of benzene rings is 2. The minimum Gasteiger partial charge on any atom is -0.334 e. The molecule has 5 nitrogen and oxygen atoms in total. The van der Waals surface area contributed by atoms with E-state index in [0.29, 0.717) is 6.54 Å². The second-order valence-corrected chi connectivity index (χ2v) is 9.30. The molecule has 0 bridgehead atoms. The quantitative estimate of drug-likeness (QED) is 0.168. The van der Waals surface area contributed by atoms with Gasteiger partial charge >= 0.3 is 12.2 Å². The summed E-state index contributed by atoms with van der Waals surface area (Å²) in [5.41, 5.74) is 3.94. The van der Waals surface area contributed by atoms with Gasteiger partial charge in [0.15, 0.2) is 5.78 Å². The molecule has 0 radical (unpaired) electrons. The van der Waals surface area contributed by atoms with Gasteiger partial charge in [-0.1, -0.05) is 61.6 Å². The molecule has 0 aromatic heterocycles. The van der Waals surface area contributed by atoms with Crippen LogP contribution < -0.4 is 10.6 Å². The number of carbonyl (C=O) groups excluding carboxylic acids is 2. The molecule has 0 aliphatic heterocycles. The molecule has 2 rings (SSSR count). The van der Waals surface area contributed by atoms with Crippen LogP contribution in [0.25, 0.3) is 0 Å². The van der Waals surface area contributed by atoms with Crippen molar-refractivity contribution in [2.24, 2.45) is 4.99 Å². The van der Waals surface area contributed by atoms with Gasteiger partial charge < -0.3 is 10.6 Å². The van der Waals surface area contributed by atoms with Crippen molar-refractivity contribution < 1.29 is 22.8 Å². The smallest absolute Gasteiger partial charge is 0.334 e. The van der Waals surface area contributed by atoms with Gasteiger partial charge in [0.2, 0.25) is 0 Å². The zero-order chi connectivity index (χ0) is 29.7. The Kier molecular flexibility index (Phi) is 12.3. The molecule has 0 heterocycles. The van der Waals surface area contributed by atoms with E-state index in [2.05, 4.69) is 17.6 Å². The van der Waals surface area contributed by atoms with Crippen molar-refractivity contribution in [3.63, 3.8) is 0 Å². The molecule has 2 aromatic rings. The lowest BCUT2D eigenvalue weighted by Gasteiger charge is -2.12. The number of carbonyl (C=O) groups is 2. The third kappa shape index (κ3) is 10.9. The first-order valence-corrected chi connectivity index (χ1v) is 12.9. The number of aliphatic imine (C=N–C) groups is 1. The Morgan fingerprint density at radius 2 is 1.68 bits per heavy atom. The maximum Gasteiger partial charge on any atom is 0.416 e. The van der Waals surface area contributed by atoms with Gasteiger partial charge in [0.05, 0.1) is 5.56 Å².